The highest BCUT2D eigenvalue weighted by Gasteiger charge is 2.21. The Morgan fingerprint density at radius 3 is 3.14 bits per heavy atom. The van der Waals surface area contributed by atoms with Gasteiger partial charge in [-0.3, -0.25) is 4.90 Å². The molecule has 4 rings (SSSR count). The first-order valence-corrected chi connectivity index (χ1v) is 8.12. The minimum absolute atomic E-state index is 0.809. The smallest absolute Gasteiger partial charge is 0.0948 e. The van der Waals surface area contributed by atoms with Crippen molar-refractivity contribution in [2.75, 3.05) is 6.54 Å². The molecule has 0 radical (unpaired) electrons. The van der Waals surface area contributed by atoms with Crippen LogP contribution in [0.1, 0.15) is 23.9 Å². The number of benzene rings is 1. The Balaban J connectivity index is 1.60. The molecular formula is C17H19ClN4. The number of nitrogens with zero attached hydrogens (tertiary/aromatic N) is 3. The number of halogens is 1. The van der Waals surface area contributed by atoms with Gasteiger partial charge in [0.15, 0.2) is 0 Å². The van der Waals surface area contributed by atoms with Crippen LogP contribution in [-0.2, 0) is 26.1 Å². The third kappa shape index (κ3) is 2.32. The van der Waals surface area contributed by atoms with Gasteiger partial charge in [0.2, 0.25) is 0 Å². The summed E-state index contributed by atoms with van der Waals surface area (Å²) in [4.78, 5) is 10.3. The maximum atomic E-state index is 6.14. The van der Waals surface area contributed by atoms with Crippen LogP contribution in [0.3, 0.4) is 0 Å². The summed E-state index contributed by atoms with van der Waals surface area (Å²) in [7, 11) is 0. The summed E-state index contributed by atoms with van der Waals surface area (Å²) in [5.74, 6) is 0. The molecule has 3 heterocycles. The first-order valence-electron chi connectivity index (χ1n) is 7.75. The second-order valence-electron chi connectivity index (χ2n) is 5.90. The highest BCUT2D eigenvalue weighted by atomic mass is 35.5. The predicted octanol–water partition coefficient (Wildman–Crippen LogP) is 3.60. The Bertz CT molecular complexity index is 817. The molecule has 114 valence electrons. The lowest BCUT2D eigenvalue weighted by Crippen LogP contribution is -2.30. The zero-order chi connectivity index (χ0) is 15.1. The highest BCUT2D eigenvalue weighted by Crippen LogP contribution is 2.30. The van der Waals surface area contributed by atoms with Crippen molar-refractivity contribution in [2.24, 2.45) is 0 Å². The zero-order valence-electron chi connectivity index (χ0n) is 12.6. The fourth-order valence-electron chi connectivity index (χ4n) is 3.40. The zero-order valence-corrected chi connectivity index (χ0v) is 13.4. The van der Waals surface area contributed by atoms with Crippen LogP contribution in [-0.4, -0.2) is 26.0 Å². The Labute approximate surface area is 134 Å². The fourth-order valence-corrected chi connectivity index (χ4v) is 3.57. The fraction of sp³-hybridized carbons (Fsp3) is 0.353. The molecule has 0 fully saturated rings. The maximum absolute atomic E-state index is 6.14. The monoisotopic (exact) mass is 314 g/mol. The topological polar surface area (TPSA) is 36.9 Å². The molecule has 1 aliphatic rings. The van der Waals surface area contributed by atoms with Crippen molar-refractivity contribution < 1.29 is 0 Å². The van der Waals surface area contributed by atoms with Gasteiger partial charge in [-0.2, -0.15) is 0 Å². The van der Waals surface area contributed by atoms with Crippen molar-refractivity contribution in [3.05, 3.63) is 52.7 Å². The number of nitrogens with one attached hydrogen (secondary N) is 1. The molecule has 4 nitrogen and oxygen atoms in total. The normalized spacial score (nSPS) is 15.4. The molecule has 2 aromatic heterocycles. The van der Waals surface area contributed by atoms with Crippen LogP contribution in [0.2, 0.25) is 5.02 Å². The van der Waals surface area contributed by atoms with E-state index < -0.39 is 0 Å². The summed E-state index contributed by atoms with van der Waals surface area (Å²) in [5.41, 5.74) is 5.23. The van der Waals surface area contributed by atoms with Crippen LogP contribution in [0.5, 0.6) is 0 Å². The standard InChI is InChI=1S/C17H19ClN4/c1-2-22-11-19-8-13(22)9-21-6-5-14-15-7-12(18)3-4-16(15)20-17(14)10-21/h3-4,7-8,11,20H,2,5-6,9-10H2,1H3. The van der Waals surface area contributed by atoms with Crippen LogP contribution in [0.15, 0.2) is 30.7 Å². The number of H-pyrrole nitrogens is 1. The predicted molar refractivity (Wildman–Crippen MR) is 89.0 cm³/mol. The van der Waals surface area contributed by atoms with Crippen LogP contribution in [0, 0.1) is 0 Å². The number of aromatic nitrogens is 3. The van der Waals surface area contributed by atoms with E-state index in [-0.39, 0.29) is 0 Å². The SMILES string of the molecule is CCn1cncc1CN1CCc2c([nH]c3ccc(Cl)cc23)C1. The van der Waals surface area contributed by atoms with Gasteiger partial charge in [-0.25, -0.2) is 4.98 Å². The lowest BCUT2D eigenvalue weighted by atomic mass is 10.0. The van der Waals surface area contributed by atoms with E-state index >= 15 is 0 Å². The summed E-state index contributed by atoms with van der Waals surface area (Å²) in [6, 6.07) is 6.10. The second-order valence-corrected chi connectivity index (χ2v) is 6.34. The summed E-state index contributed by atoms with van der Waals surface area (Å²) in [5, 5.41) is 2.09. The Morgan fingerprint density at radius 1 is 1.36 bits per heavy atom. The molecule has 1 aliphatic heterocycles. The molecule has 0 aliphatic carbocycles. The third-order valence-electron chi connectivity index (χ3n) is 4.54. The molecule has 0 saturated carbocycles. The van der Waals surface area contributed by atoms with Gasteiger partial charge in [0.05, 0.1) is 12.0 Å². The molecule has 3 aromatic rings. The Hall–Kier alpha value is -1.78. The van der Waals surface area contributed by atoms with Crippen molar-refractivity contribution in [1.29, 1.82) is 0 Å². The number of rotatable bonds is 3. The lowest BCUT2D eigenvalue weighted by Gasteiger charge is -2.27. The van der Waals surface area contributed by atoms with Crippen LogP contribution < -0.4 is 0 Å². The van der Waals surface area contributed by atoms with Gasteiger partial charge in [0.25, 0.3) is 0 Å². The average molecular weight is 315 g/mol. The van der Waals surface area contributed by atoms with E-state index in [9.17, 15) is 0 Å². The van der Waals surface area contributed by atoms with Gasteiger partial charge in [-0.05, 0) is 37.1 Å². The average Bonchev–Trinajstić information content (AvgIpc) is 3.10. The van der Waals surface area contributed by atoms with Crippen molar-refractivity contribution in [2.45, 2.75) is 33.0 Å². The molecular weight excluding hydrogens is 296 g/mol. The van der Waals surface area contributed by atoms with Gasteiger partial charge in [0.1, 0.15) is 0 Å². The molecule has 0 spiro atoms. The number of aryl methyl sites for hydroxylation is 1. The number of imidazole rings is 1. The van der Waals surface area contributed by atoms with Gasteiger partial charge in [-0.1, -0.05) is 11.6 Å². The van der Waals surface area contributed by atoms with E-state index in [1.54, 1.807) is 0 Å². The molecule has 22 heavy (non-hydrogen) atoms. The number of aromatic amines is 1. The van der Waals surface area contributed by atoms with Gasteiger partial charge >= 0.3 is 0 Å². The minimum atomic E-state index is 0.809. The minimum Gasteiger partial charge on any atom is -0.357 e. The van der Waals surface area contributed by atoms with E-state index in [4.69, 9.17) is 11.6 Å². The van der Waals surface area contributed by atoms with E-state index in [1.165, 1.54) is 27.9 Å². The maximum Gasteiger partial charge on any atom is 0.0948 e. The highest BCUT2D eigenvalue weighted by molar-refractivity contribution is 6.31. The Kier molecular flexibility index (Phi) is 3.43. The van der Waals surface area contributed by atoms with Gasteiger partial charge in [-0.15, -0.1) is 0 Å². The number of fused-ring (bicyclic) bond motifs is 3. The first kappa shape index (κ1) is 13.9. The molecule has 0 bridgehead atoms. The summed E-state index contributed by atoms with van der Waals surface area (Å²) >= 11 is 6.14. The van der Waals surface area contributed by atoms with Crippen molar-refractivity contribution in [1.82, 2.24) is 19.4 Å². The quantitative estimate of drug-likeness (QED) is 0.802. The van der Waals surface area contributed by atoms with Crippen LogP contribution in [0.25, 0.3) is 10.9 Å². The van der Waals surface area contributed by atoms with Gasteiger partial charge in [0, 0.05) is 54.0 Å². The summed E-state index contributed by atoms with van der Waals surface area (Å²) in [6.45, 7) is 6.10. The molecule has 1 N–H and O–H groups in total. The largest absolute Gasteiger partial charge is 0.357 e. The molecule has 1 aromatic carbocycles. The van der Waals surface area contributed by atoms with Crippen LogP contribution in [0.4, 0.5) is 0 Å². The summed E-state index contributed by atoms with van der Waals surface area (Å²) in [6.07, 6.45) is 4.95. The van der Waals surface area contributed by atoms with Gasteiger partial charge < -0.3 is 9.55 Å². The molecule has 0 atom stereocenters. The summed E-state index contributed by atoms with van der Waals surface area (Å²) < 4.78 is 2.21. The first-order chi connectivity index (χ1) is 10.7. The van der Waals surface area contributed by atoms with Crippen LogP contribution >= 0.6 is 11.6 Å². The number of hydrogen-bond acceptors (Lipinski definition) is 2. The molecule has 0 unspecified atom stereocenters. The van der Waals surface area contributed by atoms with Crippen molar-refractivity contribution in [3.8, 4) is 0 Å². The van der Waals surface area contributed by atoms with Crippen molar-refractivity contribution in [3.63, 3.8) is 0 Å². The van der Waals surface area contributed by atoms with E-state index in [2.05, 4.69) is 38.5 Å². The molecule has 0 saturated heterocycles. The lowest BCUT2D eigenvalue weighted by molar-refractivity contribution is 0.237. The van der Waals surface area contributed by atoms with E-state index in [1.807, 2.05) is 18.6 Å². The van der Waals surface area contributed by atoms with Crippen molar-refractivity contribution >= 4 is 22.5 Å². The second kappa shape index (κ2) is 5.45. The van der Waals surface area contributed by atoms with E-state index in [0.29, 0.717) is 0 Å². The third-order valence-corrected chi connectivity index (χ3v) is 4.78. The van der Waals surface area contributed by atoms with E-state index in [0.717, 1.165) is 37.6 Å². The molecule has 0 amide bonds. The number of hydrogen-bond donors (Lipinski definition) is 1. The Morgan fingerprint density at radius 2 is 2.27 bits per heavy atom. The molecule has 5 heteroatoms.